The van der Waals surface area contributed by atoms with Crippen molar-refractivity contribution in [2.24, 2.45) is 0 Å². The second-order valence-electron chi connectivity index (χ2n) is 5.79. The van der Waals surface area contributed by atoms with E-state index in [4.69, 9.17) is 11.6 Å². The number of carbonyl (C=O) groups is 1. The van der Waals surface area contributed by atoms with E-state index in [1.165, 1.54) is 36.2 Å². The SMILES string of the molecule is Cc1ccc(Nc2cnc(C(=O)Nc3ccc(F)c(Cl)c3)cn2)cc1C. The number of rotatable bonds is 4. The van der Waals surface area contributed by atoms with Crippen LogP contribution in [0.4, 0.5) is 21.6 Å². The van der Waals surface area contributed by atoms with Crippen LogP contribution in [0.2, 0.25) is 5.02 Å². The summed E-state index contributed by atoms with van der Waals surface area (Å²) >= 11 is 5.70. The van der Waals surface area contributed by atoms with Crippen molar-refractivity contribution >= 4 is 34.7 Å². The molecule has 7 heteroatoms. The van der Waals surface area contributed by atoms with E-state index in [0.717, 1.165) is 11.3 Å². The van der Waals surface area contributed by atoms with E-state index in [2.05, 4.69) is 20.6 Å². The molecule has 3 aromatic rings. The highest BCUT2D eigenvalue weighted by Gasteiger charge is 2.10. The number of nitrogens with zero attached hydrogens (tertiary/aromatic N) is 2. The van der Waals surface area contributed by atoms with Crippen molar-refractivity contribution in [1.82, 2.24) is 9.97 Å². The third-order valence-electron chi connectivity index (χ3n) is 3.84. The van der Waals surface area contributed by atoms with Crippen molar-refractivity contribution in [2.45, 2.75) is 13.8 Å². The summed E-state index contributed by atoms with van der Waals surface area (Å²) in [4.78, 5) is 20.5. The lowest BCUT2D eigenvalue weighted by molar-refractivity contribution is 0.102. The average molecular weight is 371 g/mol. The summed E-state index contributed by atoms with van der Waals surface area (Å²) in [5, 5.41) is 5.67. The zero-order valence-electron chi connectivity index (χ0n) is 14.2. The van der Waals surface area contributed by atoms with E-state index in [0.29, 0.717) is 11.5 Å². The Bertz CT molecular complexity index is 960. The zero-order valence-corrected chi connectivity index (χ0v) is 14.9. The molecule has 1 amide bonds. The number of carbonyl (C=O) groups excluding carboxylic acids is 1. The molecule has 0 unspecified atom stereocenters. The Morgan fingerprint density at radius 3 is 2.42 bits per heavy atom. The van der Waals surface area contributed by atoms with Crippen molar-refractivity contribution in [3.8, 4) is 0 Å². The van der Waals surface area contributed by atoms with Crippen molar-refractivity contribution in [3.63, 3.8) is 0 Å². The van der Waals surface area contributed by atoms with Crippen LogP contribution in [-0.4, -0.2) is 15.9 Å². The summed E-state index contributed by atoms with van der Waals surface area (Å²) in [6, 6.07) is 9.90. The molecule has 1 aromatic heterocycles. The third kappa shape index (κ3) is 4.15. The number of amides is 1. The largest absolute Gasteiger partial charge is 0.339 e. The predicted molar refractivity (Wildman–Crippen MR) is 101 cm³/mol. The molecule has 0 spiro atoms. The number of aryl methyl sites for hydroxylation is 2. The molecule has 0 saturated carbocycles. The van der Waals surface area contributed by atoms with Crippen LogP contribution in [0.1, 0.15) is 21.6 Å². The molecule has 2 aromatic carbocycles. The molecular weight excluding hydrogens is 355 g/mol. The highest BCUT2D eigenvalue weighted by atomic mass is 35.5. The molecule has 0 bridgehead atoms. The number of benzene rings is 2. The lowest BCUT2D eigenvalue weighted by Gasteiger charge is -2.09. The molecule has 1 heterocycles. The Labute approximate surface area is 155 Å². The van der Waals surface area contributed by atoms with Gasteiger partial charge in [0.05, 0.1) is 17.4 Å². The minimum absolute atomic E-state index is 0.0678. The van der Waals surface area contributed by atoms with Crippen LogP contribution in [0, 0.1) is 19.7 Å². The van der Waals surface area contributed by atoms with E-state index in [-0.39, 0.29) is 10.7 Å². The Kier molecular flexibility index (Phi) is 5.14. The summed E-state index contributed by atoms with van der Waals surface area (Å²) in [6.45, 7) is 4.07. The minimum Gasteiger partial charge on any atom is -0.339 e. The standard InChI is InChI=1S/C19H16ClFN4O/c1-11-3-4-13(7-12(11)2)24-18-10-22-17(9-23-18)19(26)25-14-5-6-16(21)15(20)8-14/h3-10H,1-2H3,(H,23,24)(H,25,26). The van der Waals surface area contributed by atoms with Crippen LogP contribution in [0.3, 0.4) is 0 Å². The van der Waals surface area contributed by atoms with Crippen LogP contribution in [0.15, 0.2) is 48.8 Å². The van der Waals surface area contributed by atoms with E-state index in [1.807, 2.05) is 32.0 Å². The fourth-order valence-corrected chi connectivity index (χ4v) is 2.43. The highest BCUT2D eigenvalue weighted by Crippen LogP contribution is 2.20. The van der Waals surface area contributed by atoms with Gasteiger partial charge in [0, 0.05) is 11.4 Å². The predicted octanol–water partition coefficient (Wildman–Crippen LogP) is 4.88. The first-order valence-electron chi connectivity index (χ1n) is 7.85. The lowest BCUT2D eigenvalue weighted by Crippen LogP contribution is -2.14. The summed E-state index contributed by atoms with van der Waals surface area (Å²) in [6.07, 6.45) is 2.84. The fourth-order valence-electron chi connectivity index (χ4n) is 2.25. The molecule has 5 nitrogen and oxygen atoms in total. The van der Waals surface area contributed by atoms with Crippen LogP contribution < -0.4 is 10.6 Å². The van der Waals surface area contributed by atoms with Crippen molar-refractivity contribution in [2.75, 3.05) is 10.6 Å². The Morgan fingerprint density at radius 2 is 1.77 bits per heavy atom. The number of anilines is 3. The van der Waals surface area contributed by atoms with Gasteiger partial charge in [0.2, 0.25) is 0 Å². The van der Waals surface area contributed by atoms with Gasteiger partial charge < -0.3 is 10.6 Å². The van der Waals surface area contributed by atoms with Gasteiger partial charge in [-0.3, -0.25) is 4.79 Å². The van der Waals surface area contributed by atoms with Gasteiger partial charge in [-0.05, 0) is 55.3 Å². The molecule has 0 fully saturated rings. The summed E-state index contributed by atoms with van der Waals surface area (Å²) in [5.41, 5.74) is 3.77. The van der Waals surface area contributed by atoms with Gasteiger partial charge >= 0.3 is 0 Å². The second-order valence-corrected chi connectivity index (χ2v) is 6.20. The van der Waals surface area contributed by atoms with E-state index < -0.39 is 11.7 Å². The molecule has 0 radical (unpaired) electrons. The van der Waals surface area contributed by atoms with Gasteiger partial charge in [0.15, 0.2) is 0 Å². The van der Waals surface area contributed by atoms with E-state index >= 15 is 0 Å². The molecule has 0 aliphatic carbocycles. The molecule has 26 heavy (non-hydrogen) atoms. The average Bonchev–Trinajstić information content (AvgIpc) is 2.62. The Morgan fingerprint density at radius 1 is 1.00 bits per heavy atom. The number of hydrogen-bond donors (Lipinski definition) is 2. The highest BCUT2D eigenvalue weighted by molar-refractivity contribution is 6.31. The monoisotopic (exact) mass is 370 g/mol. The van der Waals surface area contributed by atoms with Crippen molar-refractivity contribution < 1.29 is 9.18 Å². The molecule has 0 atom stereocenters. The van der Waals surface area contributed by atoms with Gasteiger partial charge in [0.1, 0.15) is 17.3 Å². The van der Waals surface area contributed by atoms with E-state index in [1.54, 1.807) is 0 Å². The molecule has 0 aliphatic rings. The first-order valence-corrected chi connectivity index (χ1v) is 8.23. The van der Waals surface area contributed by atoms with Crippen LogP contribution >= 0.6 is 11.6 Å². The van der Waals surface area contributed by atoms with Gasteiger partial charge in [0.25, 0.3) is 5.91 Å². The van der Waals surface area contributed by atoms with Gasteiger partial charge in [-0.2, -0.15) is 0 Å². The smallest absolute Gasteiger partial charge is 0.275 e. The lowest BCUT2D eigenvalue weighted by atomic mass is 10.1. The molecule has 3 rings (SSSR count). The number of aromatic nitrogens is 2. The molecule has 0 aliphatic heterocycles. The topological polar surface area (TPSA) is 66.9 Å². The fraction of sp³-hybridized carbons (Fsp3) is 0.105. The molecule has 0 saturated heterocycles. The van der Waals surface area contributed by atoms with Gasteiger partial charge in [-0.1, -0.05) is 17.7 Å². The van der Waals surface area contributed by atoms with Crippen LogP contribution in [-0.2, 0) is 0 Å². The second kappa shape index (κ2) is 7.49. The van der Waals surface area contributed by atoms with Gasteiger partial charge in [-0.15, -0.1) is 0 Å². The van der Waals surface area contributed by atoms with Crippen LogP contribution in [0.25, 0.3) is 0 Å². The quantitative estimate of drug-likeness (QED) is 0.686. The number of hydrogen-bond acceptors (Lipinski definition) is 4. The maximum Gasteiger partial charge on any atom is 0.275 e. The first kappa shape index (κ1) is 17.8. The number of nitrogens with one attached hydrogen (secondary N) is 2. The summed E-state index contributed by atoms with van der Waals surface area (Å²) in [7, 11) is 0. The molecule has 132 valence electrons. The first-order chi connectivity index (χ1) is 12.4. The molecule has 2 N–H and O–H groups in total. The Balaban J connectivity index is 1.69. The summed E-state index contributed by atoms with van der Waals surface area (Å²) < 4.78 is 13.2. The maximum atomic E-state index is 13.2. The maximum absolute atomic E-state index is 13.2. The van der Waals surface area contributed by atoms with Crippen LogP contribution in [0.5, 0.6) is 0 Å². The third-order valence-corrected chi connectivity index (χ3v) is 4.13. The van der Waals surface area contributed by atoms with Crippen molar-refractivity contribution in [1.29, 1.82) is 0 Å². The number of halogens is 2. The van der Waals surface area contributed by atoms with E-state index in [9.17, 15) is 9.18 Å². The minimum atomic E-state index is -0.550. The summed E-state index contributed by atoms with van der Waals surface area (Å²) in [5.74, 6) is -0.487. The molecular formula is C19H16ClFN4O. The Hall–Kier alpha value is -2.99. The van der Waals surface area contributed by atoms with Gasteiger partial charge in [-0.25, -0.2) is 14.4 Å². The normalized spacial score (nSPS) is 10.5. The zero-order chi connectivity index (χ0) is 18.7. The van der Waals surface area contributed by atoms with Crippen molar-refractivity contribution in [3.05, 3.63) is 76.5 Å².